The van der Waals surface area contributed by atoms with E-state index in [-0.39, 0.29) is 21.3 Å². The SMILES string of the molecule is O=C(O)c1ccccc1N1C(=O)/C(=C/c2ccc([N+](=O)[O-])cc2)SC1=S. The molecule has 0 saturated carbocycles. The first kappa shape index (κ1) is 17.8. The Morgan fingerprint density at radius 1 is 1.19 bits per heavy atom. The number of rotatable bonds is 4. The van der Waals surface area contributed by atoms with Gasteiger partial charge in [-0.15, -0.1) is 0 Å². The van der Waals surface area contributed by atoms with Crippen molar-refractivity contribution < 1.29 is 19.6 Å². The minimum atomic E-state index is -1.16. The normalized spacial score (nSPS) is 15.5. The van der Waals surface area contributed by atoms with Crippen LogP contribution >= 0.6 is 24.0 Å². The van der Waals surface area contributed by atoms with Gasteiger partial charge in [-0.05, 0) is 35.9 Å². The molecule has 1 aliphatic heterocycles. The number of para-hydroxylation sites is 1. The maximum absolute atomic E-state index is 12.7. The maximum atomic E-state index is 12.7. The number of nitrogens with zero attached hydrogens (tertiary/aromatic N) is 2. The van der Waals surface area contributed by atoms with Crippen LogP contribution in [0, 0.1) is 10.1 Å². The Balaban J connectivity index is 1.94. The van der Waals surface area contributed by atoms with Crippen LogP contribution in [0.15, 0.2) is 53.4 Å². The number of thioether (sulfide) groups is 1. The molecule has 0 radical (unpaired) electrons. The lowest BCUT2D eigenvalue weighted by Crippen LogP contribution is -2.29. The summed E-state index contributed by atoms with van der Waals surface area (Å²) in [6, 6.07) is 11.8. The van der Waals surface area contributed by atoms with Crippen molar-refractivity contribution in [2.24, 2.45) is 0 Å². The standard InChI is InChI=1S/C17H10N2O5S2/c20-15-14(9-10-5-7-11(8-6-10)19(23)24)26-17(25)18(15)13-4-2-1-3-12(13)16(21)22/h1-9H,(H,21,22)/b14-9-. The number of amides is 1. The molecule has 2 aromatic carbocycles. The molecule has 1 heterocycles. The second-order valence-electron chi connectivity index (χ2n) is 5.19. The first-order valence-electron chi connectivity index (χ1n) is 7.23. The van der Waals surface area contributed by atoms with Crippen molar-refractivity contribution in [2.75, 3.05) is 4.90 Å². The number of carboxylic acid groups (broad SMARTS) is 1. The third-order valence-corrected chi connectivity index (χ3v) is 4.87. The predicted molar refractivity (Wildman–Crippen MR) is 102 cm³/mol. The van der Waals surface area contributed by atoms with Crippen LogP contribution in [0.3, 0.4) is 0 Å². The summed E-state index contributed by atoms with van der Waals surface area (Å²) in [6.45, 7) is 0. The van der Waals surface area contributed by atoms with Gasteiger partial charge in [0.2, 0.25) is 0 Å². The molecule has 0 spiro atoms. The van der Waals surface area contributed by atoms with Gasteiger partial charge in [-0.1, -0.05) is 36.1 Å². The van der Waals surface area contributed by atoms with Gasteiger partial charge in [0.05, 0.1) is 21.1 Å². The Hall–Kier alpha value is -3.04. The summed E-state index contributed by atoms with van der Waals surface area (Å²) >= 11 is 6.28. The van der Waals surface area contributed by atoms with Crippen molar-refractivity contribution in [1.82, 2.24) is 0 Å². The number of nitro groups is 1. The molecule has 1 fully saturated rings. The first-order chi connectivity index (χ1) is 12.4. The Morgan fingerprint density at radius 2 is 1.85 bits per heavy atom. The van der Waals surface area contributed by atoms with Crippen LogP contribution in [-0.2, 0) is 4.79 Å². The van der Waals surface area contributed by atoms with E-state index < -0.39 is 16.8 Å². The van der Waals surface area contributed by atoms with E-state index in [1.165, 1.54) is 41.3 Å². The highest BCUT2D eigenvalue weighted by atomic mass is 32.2. The van der Waals surface area contributed by atoms with E-state index >= 15 is 0 Å². The Kier molecular flexibility index (Phi) is 4.83. The third kappa shape index (κ3) is 3.35. The minimum absolute atomic E-state index is 0.0274. The number of carboxylic acids is 1. The molecular formula is C17H10N2O5S2. The van der Waals surface area contributed by atoms with E-state index in [2.05, 4.69) is 0 Å². The second-order valence-corrected chi connectivity index (χ2v) is 6.86. The summed E-state index contributed by atoms with van der Waals surface area (Å²) in [5.41, 5.74) is 0.725. The highest BCUT2D eigenvalue weighted by molar-refractivity contribution is 8.27. The van der Waals surface area contributed by atoms with Crippen molar-refractivity contribution in [3.63, 3.8) is 0 Å². The monoisotopic (exact) mass is 386 g/mol. The van der Waals surface area contributed by atoms with Crippen LogP contribution in [0.5, 0.6) is 0 Å². The van der Waals surface area contributed by atoms with Crippen molar-refractivity contribution in [1.29, 1.82) is 0 Å². The number of hydrogen-bond acceptors (Lipinski definition) is 6. The van der Waals surface area contributed by atoms with Crippen LogP contribution < -0.4 is 4.90 Å². The summed E-state index contributed by atoms with van der Waals surface area (Å²) < 4.78 is 0.219. The highest BCUT2D eigenvalue weighted by Crippen LogP contribution is 2.37. The molecule has 0 atom stereocenters. The van der Waals surface area contributed by atoms with Gasteiger partial charge in [0.25, 0.3) is 11.6 Å². The van der Waals surface area contributed by atoms with Gasteiger partial charge in [0.1, 0.15) is 0 Å². The van der Waals surface area contributed by atoms with Gasteiger partial charge >= 0.3 is 5.97 Å². The van der Waals surface area contributed by atoms with Crippen molar-refractivity contribution in [3.8, 4) is 0 Å². The summed E-state index contributed by atoms with van der Waals surface area (Å²) in [5, 5.41) is 20.0. The molecular weight excluding hydrogens is 376 g/mol. The van der Waals surface area contributed by atoms with Crippen molar-refractivity contribution in [3.05, 3.63) is 74.7 Å². The first-order valence-corrected chi connectivity index (χ1v) is 8.45. The smallest absolute Gasteiger partial charge is 0.337 e. The Labute approximate surface area is 157 Å². The van der Waals surface area contributed by atoms with E-state index in [1.54, 1.807) is 18.2 Å². The van der Waals surface area contributed by atoms with Crippen LogP contribution in [0.1, 0.15) is 15.9 Å². The van der Waals surface area contributed by atoms with E-state index in [4.69, 9.17) is 12.2 Å². The van der Waals surface area contributed by atoms with Gasteiger partial charge in [-0.2, -0.15) is 0 Å². The molecule has 1 saturated heterocycles. The number of nitro benzene ring substituents is 1. The minimum Gasteiger partial charge on any atom is -0.478 e. The number of carbonyl (C=O) groups excluding carboxylic acids is 1. The molecule has 130 valence electrons. The van der Waals surface area contributed by atoms with Gasteiger partial charge in [0.15, 0.2) is 4.32 Å². The molecule has 1 N–H and O–H groups in total. The number of hydrogen-bond donors (Lipinski definition) is 1. The zero-order valence-corrected chi connectivity index (χ0v) is 14.6. The van der Waals surface area contributed by atoms with Gasteiger partial charge in [-0.25, -0.2) is 4.79 Å². The molecule has 0 unspecified atom stereocenters. The fourth-order valence-corrected chi connectivity index (χ4v) is 3.65. The molecule has 9 heteroatoms. The van der Waals surface area contributed by atoms with Crippen LogP contribution in [0.2, 0.25) is 0 Å². The molecule has 0 bridgehead atoms. The molecule has 0 aromatic heterocycles. The molecule has 2 aromatic rings. The van der Waals surface area contributed by atoms with Crippen LogP contribution in [0.25, 0.3) is 6.08 Å². The number of aromatic carboxylic acids is 1. The lowest BCUT2D eigenvalue weighted by atomic mass is 10.1. The highest BCUT2D eigenvalue weighted by Gasteiger charge is 2.35. The maximum Gasteiger partial charge on any atom is 0.337 e. The molecule has 26 heavy (non-hydrogen) atoms. The third-order valence-electron chi connectivity index (χ3n) is 3.57. The fraction of sp³-hybridized carbons (Fsp3) is 0. The molecule has 0 aliphatic carbocycles. The lowest BCUT2D eigenvalue weighted by molar-refractivity contribution is -0.384. The van der Waals surface area contributed by atoms with Crippen LogP contribution in [0.4, 0.5) is 11.4 Å². The topological polar surface area (TPSA) is 101 Å². The zero-order chi connectivity index (χ0) is 18.8. The van der Waals surface area contributed by atoms with E-state index in [0.717, 1.165) is 11.8 Å². The van der Waals surface area contributed by atoms with Crippen molar-refractivity contribution >= 4 is 57.6 Å². The Bertz CT molecular complexity index is 969. The van der Waals surface area contributed by atoms with Crippen molar-refractivity contribution in [2.45, 2.75) is 0 Å². The number of thiocarbonyl (C=S) groups is 1. The van der Waals surface area contributed by atoms with E-state index in [1.807, 2.05) is 0 Å². The average Bonchev–Trinajstić information content (AvgIpc) is 2.89. The quantitative estimate of drug-likeness (QED) is 0.370. The number of carbonyl (C=O) groups is 2. The summed E-state index contributed by atoms with van der Waals surface area (Å²) in [5.74, 6) is -1.60. The van der Waals surface area contributed by atoms with Crippen LogP contribution in [-0.4, -0.2) is 26.2 Å². The summed E-state index contributed by atoms with van der Waals surface area (Å²) in [6.07, 6.45) is 1.56. The zero-order valence-electron chi connectivity index (χ0n) is 13.0. The lowest BCUT2D eigenvalue weighted by Gasteiger charge is -2.16. The number of benzene rings is 2. The largest absolute Gasteiger partial charge is 0.478 e. The molecule has 7 nitrogen and oxygen atoms in total. The number of non-ortho nitro benzene ring substituents is 1. The molecule has 1 aliphatic rings. The summed E-state index contributed by atoms with van der Waals surface area (Å²) in [7, 11) is 0. The Morgan fingerprint density at radius 3 is 2.46 bits per heavy atom. The van der Waals surface area contributed by atoms with Gasteiger partial charge in [0, 0.05) is 12.1 Å². The van der Waals surface area contributed by atoms with Gasteiger partial charge < -0.3 is 5.11 Å². The fourth-order valence-electron chi connectivity index (χ4n) is 2.37. The van der Waals surface area contributed by atoms with E-state index in [9.17, 15) is 24.8 Å². The molecule has 3 rings (SSSR count). The predicted octanol–water partition coefficient (Wildman–Crippen LogP) is 3.70. The number of anilines is 1. The molecule has 1 amide bonds. The van der Waals surface area contributed by atoms with E-state index in [0.29, 0.717) is 10.5 Å². The second kappa shape index (κ2) is 7.06. The average molecular weight is 386 g/mol. The summed E-state index contributed by atoms with van der Waals surface area (Å²) in [4.78, 5) is 35.8. The van der Waals surface area contributed by atoms with Gasteiger partial charge in [-0.3, -0.25) is 19.8 Å².